The third-order valence-corrected chi connectivity index (χ3v) is 3.39. The van der Waals surface area contributed by atoms with Gasteiger partial charge in [0, 0.05) is 28.1 Å². The van der Waals surface area contributed by atoms with Crippen molar-refractivity contribution in [3.8, 4) is 0 Å². The van der Waals surface area contributed by atoms with Crippen LogP contribution in [0.5, 0.6) is 0 Å². The van der Waals surface area contributed by atoms with Crippen molar-refractivity contribution in [1.82, 2.24) is 10.6 Å². The lowest BCUT2D eigenvalue weighted by Gasteiger charge is -2.07. The summed E-state index contributed by atoms with van der Waals surface area (Å²) in [5, 5.41) is 5.36. The first-order valence-corrected chi connectivity index (χ1v) is 6.85. The summed E-state index contributed by atoms with van der Waals surface area (Å²) in [6.45, 7) is 2.30. The van der Waals surface area contributed by atoms with Crippen molar-refractivity contribution < 1.29 is 9.59 Å². The highest BCUT2D eigenvalue weighted by Crippen LogP contribution is 2.18. The Hall–Kier alpha value is -0.630. The number of halogens is 2. The molecule has 4 nitrogen and oxygen atoms in total. The maximum absolute atomic E-state index is 11.8. The lowest BCUT2D eigenvalue weighted by atomic mass is 10.2. The lowest BCUT2D eigenvalue weighted by molar-refractivity contribution is -0.118. The summed E-state index contributed by atoms with van der Waals surface area (Å²) < 4.78 is 1.76. The molecule has 0 aliphatic carbocycles. The van der Waals surface area contributed by atoms with E-state index in [2.05, 4.69) is 49.2 Å². The van der Waals surface area contributed by atoms with E-state index in [1.165, 1.54) is 6.92 Å². The number of benzene rings is 1. The van der Waals surface area contributed by atoms with E-state index < -0.39 is 0 Å². The predicted octanol–water partition coefficient (Wildman–Crippen LogP) is 1.92. The van der Waals surface area contributed by atoms with Gasteiger partial charge in [0.25, 0.3) is 5.91 Å². The second-order valence-electron chi connectivity index (χ2n) is 3.36. The monoisotopic (exact) mass is 410 g/mol. The zero-order chi connectivity index (χ0) is 12.8. The molecule has 2 amide bonds. The van der Waals surface area contributed by atoms with Gasteiger partial charge in [0.1, 0.15) is 0 Å². The fraction of sp³-hybridized carbons (Fsp3) is 0.273. The van der Waals surface area contributed by atoms with Crippen LogP contribution in [0.1, 0.15) is 17.3 Å². The second kappa shape index (κ2) is 6.95. The molecule has 0 unspecified atom stereocenters. The maximum atomic E-state index is 11.8. The molecule has 0 fully saturated rings. The molecule has 2 N–H and O–H groups in total. The number of amides is 2. The predicted molar refractivity (Wildman–Crippen MR) is 77.9 cm³/mol. The smallest absolute Gasteiger partial charge is 0.252 e. The van der Waals surface area contributed by atoms with Gasteiger partial charge >= 0.3 is 0 Å². The SMILES string of the molecule is CC(=O)NCCNC(=O)c1cc(Br)ccc1I. The Morgan fingerprint density at radius 3 is 2.59 bits per heavy atom. The molecule has 1 aromatic carbocycles. The molecule has 0 aliphatic heterocycles. The van der Waals surface area contributed by atoms with E-state index >= 15 is 0 Å². The van der Waals surface area contributed by atoms with Gasteiger partial charge in [-0.15, -0.1) is 0 Å². The van der Waals surface area contributed by atoms with Gasteiger partial charge in [0.15, 0.2) is 0 Å². The molecule has 1 aromatic rings. The molecule has 0 spiro atoms. The topological polar surface area (TPSA) is 58.2 Å². The summed E-state index contributed by atoms with van der Waals surface area (Å²) in [6, 6.07) is 5.53. The van der Waals surface area contributed by atoms with Crippen molar-refractivity contribution in [2.75, 3.05) is 13.1 Å². The molecule has 0 atom stereocenters. The third kappa shape index (κ3) is 5.03. The molecule has 0 heterocycles. The molecule has 0 aromatic heterocycles. The van der Waals surface area contributed by atoms with Gasteiger partial charge < -0.3 is 10.6 Å². The van der Waals surface area contributed by atoms with Crippen LogP contribution in [-0.4, -0.2) is 24.9 Å². The quantitative estimate of drug-likeness (QED) is 0.588. The average Bonchev–Trinajstić information content (AvgIpc) is 2.27. The van der Waals surface area contributed by atoms with E-state index in [0.717, 1.165) is 8.04 Å². The number of rotatable bonds is 4. The van der Waals surface area contributed by atoms with Crippen LogP contribution in [0.4, 0.5) is 0 Å². The largest absolute Gasteiger partial charge is 0.355 e. The summed E-state index contributed by atoms with van der Waals surface area (Å²) in [5.41, 5.74) is 0.628. The summed E-state index contributed by atoms with van der Waals surface area (Å²) in [5.74, 6) is -0.239. The Morgan fingerprint density at radius 1 is 1.29 bits per heavy atom. The van der Waals surface area contributed by atoms with Crippen LogP contribution in [0.2, 0.25) is 0 Å². The summed E-state index contributed by atoms with van der Waals surface area (Å²) in [4.78, 5) is 22.4. The standard InChI is InChI=1S/C11H12BrIN2O2/c1-7(16)14-4-5-15-11(17)9-6-8(12)2-3-10(9)13/h2-3,6H,4-5H2,1H3,(H,14,16)(H,15,17). The average molecular weight is 411 g/mol. The number of hydrogen-bond acceptors (Lipinski definition) is 2. The Morgan fingerprint density at radius 2 is 1.94 bits per heavy atom. The highest BCUT2D eigenvalue weighted by Gasteiger charge is 2.09. The Bertz CT molecular complexity index is 437. The van der Waals surface area contributed by atoms with Crippen molar-refractivity contribution >= 4 is 50.3 Å². The summed E-state index contributed by atoms with van der Waals surface area (Å²) in [7, 11) is 0. The van der Waals surface area contributed by atoms with Crippen LogP contribution in [-0.2, 0) is 4.79 Å². The summed E-state index contributed by atoms with van der Waals surface area (Å²) >= 11 is 5.44. The molecule has 1 rings (SSSR count). The summed E-state index contributed by atoms with van der Waals surface area (Å²) in [6.07, 6.45) is 0. The number of carbonyl (C=O) groups is 2. The van der Waals surface area contributed by atoms with Gasteiger partial charge in [-0.3, -0.25) is 9.59 Å². The minimum atomic E-state index is -0.138. The molecular formula is C11H12BrIN2O2. The Balaban J connectivity index is 2.52. The van der Waals surface area contributed by atoms with Gasteiger partial charge in [-0.25, -0.2) is 0 Å². The number of hydrogen-bond donors (Lipinski definition) is 2. The fourth-order valence-electron chi connectivity index (χ4n) is 1.18. The first kappa shape index (κ1) is 14.4. The maximum Gasteiger partial charge on any atom is 0.252 e. The molecular weight excluding hydrogens is 399 g/mol. The minimum Gasteiger partial charge on any atom is -0.355 e. The van der Waals surface area contributed by atoms with Crippen LogP contribution in [0, 0.1) is 3.57 Å². The van der Waals surface area contributed by atoms with E-state index in [0.29, 0.717) is 18.7 Å². The second-order valence-corrected chi connectivity index (χ2v) is 5.44. The number of carbonyl (C=O) groups excluding carboxylic acids is 2. The van der Waals surface area contributed by atoms with Crippen LogP contribution < -0.4 is 10.6 Å². The van der Waals surface area contributed by atoms with Gasteiger partial charge in [-0.2, -0.15) is 0 Å². The molecule has 0 saturated carbocycles. The van der Waals surface area contributed by atoms with Crippen molar-refractivity contribution in [3.05, 3.63) is 31.8 Å². The van der Waals surface area contributed by atoms with Gasteiger partial charge in [0.2, 0.25) is 5.91 Å². The Labute approximate surface area is 122 Å². The first-order valence-electron chi connectivity index (χ1n) is 4.98. The van der Waals surface area contributed by atoms with E-state index in [1.807, 2.05) is 12.1 Å². The molecule has 92 valence electrons. The molecule has 0 bridgehead atoms. The molecule has 6 heteroatoms. The van der Waals surface area contributed by atoms with Gasteiger partial charge in [-0.05, 0) is 40.8 Å². The zero-order valence-corrected chi connectivity index (χ0v) is 13.0. The van der Waals surface area contributed by atoms with E-state index in [-0.39, 0.29) is 11.8 Å². The minimum absolute atomic E-state index is 0.101. The van der Waals surface area contributed by atoms with Crippen LogP contribution in [0.3, 0.4) is 0 Å². The number of nitrogens with one attached hydrogen (secondary N) is 2. The van der Waals surface area contributed by atoms with Crippen LogP contribution in [0.25, 0.3) is 0 Å². The third-order valence-electron chi connectivity index (χ3n) is 1.96. The zero-order valence-electron chi connectivity index (χ0n) is 9.22. The van der Waals surface area contributed by atoms with Crippen molar-refractivity contribution in [1.29, 1.82) is 0 Å². The molecule has 0 saturated heterocycles. The lowest BCUT2D eigenvalue weighted by Crippen LogP contribution is -2.33. The van der Waals surface area contributed by atoms with E-state index in [9.17, 15) is 9.59 Å². The van der Waals surface area contributed by atoms with Crippen molar-refractivity contribution in [3.63, 3.8) is 0 Å². The first-order chi connectivity index (χ1) is 8.00. The van der Waals surface area contributed by atoms with E-state index in [4.69, 9.17) is 0 Å². The highest BCUT2D eigenvalue weighted by molar-refractivity contribution is 14.1. The van der Waals surface area contributed by atoms with Crippen molar-refractivity contribution in [2.24, 2.45) is 0 Å². The van der Waals surface area contributed by atoms with E-state index in [1.54, 1.807) is 6.07 Å². The highest BCUT2D eigenvalue weighted by atomic mass is 127. The molecule has 0 radical (unpaired) electrons. The molecule has 17 heavy (non-hydrogen) atoms. The van der Waals surface area contributed by atoms with Crippen LogP contribution >= 0.6 is 38.5 Å². The van der Waals surface area contributed by atoms with Crippen molar-refractivity contribution in [2.45, 2.75) is 6.92 Å². The van der Waals surface area contributed by atoms with Gasteiger partial charge in [-0.1, -0.05) is 15.9 Å². The van der Waals surface area contributed by atoms with Crippen LogP contribution in [0.15, 0.2) is 22.7 Å². The van der Waals surface area contributed by atoms with Gasteiger partial charge in [0.05, 0.1) is 5.56 Å². The Kier molecular flexibility index (Phi) is 5.90. The molecule has 0 aliphatic rings. The normalized spacial score (nSPS) is 9.82. The fourth-order valence-corrected chi connectivity index (χ4v) is 2.12.